The van der Waals surface area contributed by atoms with Crippen molar-refractivity contribution in [3.8, 4) is 0 Å². The van der Waals surface area contributed by atoms with E-state index in [-0.39, 0.29) is 10.9 Å². The molecule has 0 saturated carbocycles. The first-order chi connectivity index (χ1) is 15.2. The highest BCUT2D eigenvalue weighted by Crippen LogP contribution is 2.33. The lowest BCUT2D eigenvalue weighted by Gasteiger charge is -2.26. The van der Waals surface area contributed by atoms with E-state index in [0.717, 1.165) is 22.4 Å². The fourth-order valence-electron chi connectivity index (χ4n) is 3.59. The van der Waals surface area contributed by atoms with E-state index in [0.29, 0.717) is 17.8 Å². The van der Waals surface area contributed by atoms with Crippen LogP contribution in [0.2, 0.25) is 0 Å². The van der Waals surface area contributed by atoms with E-state index in [4.69, 9.17) is 5.73 Å². The molecule has 0 radical (unpaired) electrons. The van der Waals surface area contributed by atoms with E-state index in [1.807, 2.05) is 55.3 Å². The smallest absolute Gasteiger partial charge is 0.283 e. The van der Waals surface area contributed by atoms with Crippen LogP contribution < -0.4 is 16.2 Å². The molecule has 1 saturated heterocycles. The highest BCUT2D eigenvalue weighted by molar-refractivity contribution is 7.90. The molecule has 4 rings (SSSR count). The Morgan fingerprint density at radius 3 is 2.06 bits per heavy atom. The standard InChI is InChI=1S/C24H24N4O3S/c1-16-3-11-20(12-4-16)28-22(18-7-9-19(10-8-18)24(25)29)15-23(26-28)27-32(30,31)21-13-5-17(2)6-14-21/h3-14,22H,15H2,1-2H3,(H2,25,29)(H,26,27). The number of nitrogens with zero attached hydrogens (tertiary/aromatic N) is 2. The van der Waals surface area contributed by atoms with Gasteiger partial charge < -0.3 is 5.73 Å². The number of carbonyl (C=O) groups excluding carboxylic acids is 1. The fourth-order valence-corrected chi connectivity index (χ4v) is 4.58. The molecule has 1 amide bonds. The average Bonchev–Trinajstić information content (AvgIpc) is 3.17. The van der Waals surface area contributed by atoms with Crippen LogP contribution in [0.15, 0.2) is 82.1 Å². The van der Waals surface area contributed by atoms with Crippen molar-refractivity contribution in [3.05, 3.63) is 95.1 Å². The largest absolute Gasteiger partial charge is 0.366 e. The van der Waals surface area contributed by atoms with Crippen molar-refractivity contribution >= 4 is 27.5 Å². The highest BCUT2D eigenvalue weighted by Gasteiger charge is 2.32. The molecule has 1 heterocycles. The summed E-state index contributed by atoms with van der Waals surface area (Å²) in [5, 5.41) is 1.89. The predicted molar refractivity (Wildman–Crippen MR) is 125 cm³/mol. The van der Waals surface area contributed by atoms with E-state index in [1.165, 1.54) is 0 Å². The summed E-state index contributed by atoms with van der Waals surface area (Å²) in [5.41, 5.74) is 12.8. The van der Waals surface area contributed by atoms with Gasteiger partial charge in [0.2, 0.25) is 5.91 Å². The fraction of sp³-hybridized carbons (Fsp3) is 0.167. The van der Waals surface area contributed by atoms with Crippen molar-refractivity contribution in [1.82, 2.24) is 5.43 Å². The van der Waals surface area contributed by atoms with E-state index < -0.39 is 15.9 Å². The summed E-state index contributed by atoms with van der Waals surface area (Å²) in [7, 11) is -3.86. The summed E-state index contributed by atoms with van der Waals surface area (Å²) in [6.07, 6.45) is 0.356. The first kappa shape index (κ1) is 21.6. The predicted octanol–water partition coefficient (Wildman–Crippen LogP) is 3.65. The van der Waals surface area contributed by atoms with E-state index >= 15 is 0 Å². The Labute approximate surface area is 187 Å². The molecule has 1 atom stereocenters. The molecule has 1 aliphatic heterocycles. The Balaban J connectivity index is 1.70. The number of primary amides is 1. The van der Waals surface area contributed by atoms with Crippen molar-refractivity contribution < 1.29 is 13.2 Å². The van der Waals surface area contributed by atoms with Gasteiger partial charge in [0.15, 0.2) is 0 Å². The highest BCUT2D eigenvalue weighted by atomic mass is 32.2. The quantitative estimate of drug-likeness (QED) is 0.620. The molecule has 0 spiro atoms. The number of anilines is 1. The average molecular weight is 449 g/mol. The third-order valence-corrected chi connectivity index (χ3v) is 6.72. The second-order valence-corrected chi connectivity index (χ2v) is 9.45. The second-order valence-electron chi connectivity index (χ2n) is 7.85. The second kappa shape index (κ2) is 8.47. The van der Waals surface area contributed by atoms with Gasteiger partial charge in [0.25, 0.3) is 10.0 Å². The minimum Gasteiger partial charge on any atom is -0.366 e. The summed E-state index contributed by atoms with van der Waals surface area (Å²) in [4.78, 5) is 11.6. The van der Waals surface area contributed by atoms with Crippen LogP contribution in [0.1, 0.15) is 39.5 Å². The number of benzene rings is 3. The molecule has 0 bridgehead atoms. The number of aryl methyl sites for hydroxylation is 2. The van der Waals surface area contributed by atoms with E-state index in [2.05, 4.69) is 9.82 Å². The number of hydrogen-bond donors (Lipinski definition) is 2. The van der Waals surface area contributed by atoms with Crippen LogP contribution in [0.3, 0.4) is 0 Å². The van der Waals surface area contributed by atoms with Crippen LogP contribution in [-0.2, 0) is 10.0 Å². The monoisotopic (exact) mass is 448 g/mol. The number of nitrogens with one attached hydrogen (secondary N) is 1. The molecule has 1 fully saturated rings. The van der Waals surface area contributed by atoms with Gasteiger partial charge in [-0.15, -0.1) is 4.40 Å². The van der Waals surface area contributed by atoms with Crippen molar-refractivity contribution in [2.24, 2.45) is 10.1 Å². The minimum atomic E-state index is -3.86. The zero-order chi connectivity index (χ0) is 22.9. The lowest BCUT2D eigenvalue weighted by atomic mass is 10.0. The summed E-state index contributed by atoms with van der Waals surface area (Å²) in [6, 6.07) is 21.3. The zero-order valence-electron chi connectivity index (χ0n) is 17.8. The maximum absolute atomic E-state index is 12.9. The minimum absolute atomic E-state index is 0.147. The lowest BCUT2D eigenvalue weighted by molar-refractivity contribution is 0.1000. The Morgan fingerprint density at radius 1 is 0.938 bits per heavy atom. The van der Waals surface area contributed by atoms with E-state index in [9.17, 15) is 13.2 Å². The van der Waals surface area contributed by atoms with Crippen LogP contribution in [-0.4, -0.2) is 20.2 Å². The third kappa shape index (κ3) is 4.50. The normalized spacial score (nSPS) is 17.4. The number of hydrazine groups is 1. The zero-order valence-corrected chi connectivity index (χ0v) is 18.6. The van der Waals surface area contributed by atoms with Crippen molar-refractivity contribution in [3.63, 3.8) is 0 Å². The maximum atomic E-state index is 12.9. The molecule has 0 aliphatic carbocycles. The number of carbonyl (C=O) groups is 1. The molecular formula is C24H24N4O3S. The molecule has 3 N–H and O–H groups in total. The van der Waals surface area contributed by atoms with Gasteiger partial charge in [0.1, 0.15) is 5.84 Å². The Hall–Kier alpha value is -3.65. The molecule has 1 aliphatic rings. The Morgan fingerprint density at radius 2 is 1.50 bits per heavy atom. The number of amidine groups is 1. The lowest BCUT2D eigenvalue weighted by Crippen LogP contribution is -2.35. The number of sulfonamides is 1. The van der Waals surface area contributed by atoms with Crippen molar-refractivity contribution in [2.75, 3.05) is 5.01 Å². The number of hydrogen-bond acceptors (Lipinski definition) is 4. The molecule has 7 nitrogen and oxygen atoms in total. The van der Waals surface area contributed by atoms with Crippen LogP contribution in [0, 0.1) is 13.8 Å². The van der Waals surface area contributed by atoms with Crippen molar-refractivity contribution in [2.45, 2.75) is 31.2 Å². The Bertz CT molecular complexity index is 1270. The van der Waals surface area contributed by atoms with Crippen LogP contribution in [0.5, 0.6) is 0 Å². The Kier molecular flexibility index (Phi) is 5.71. The first-order valence-electron chi connectivity index (χ1n) is 10.2. The number of nitrogens with two attached hydrogens (primary N) is 1. The molecule has 8 heteroatoms. The topological polar surface area (TPSA) is 105 Å². The van der Waals surface area contributed by atoms with Gasteiger partial charge in [-0.1, -0.05) is 47.5 Å². The van der Waals surface area contributed by atoms with Gasteiger partial charge in [-0.25, -0.2) is 0 Å². The third-order valence-electron chi connectivity index (χ3n) is 5.39. The molecular weight excluding hydrogens is 424 g/mol. The van der Waals surface area contributed by atoms with Crippen LogP contribution in [0.4, 0.5) is 5.69 Å². The summed E-state index contributed by atoms with van der Waals surface area (Å²) in [6.45, 7) is 3.90. The van der Waals surface area contributed by atoms with Gasteiger partial charge in [0, 0.05) is 12.0 Å². The summed E-state index contributed by atoms with van der Waals surface area (Å²) in [5.74, 6) is -0.155. The van der Waals surface area contributed by atoms with Crippen molar-refractivity contribution in [1.29, 1.82) is 0 Å². The van der Waals surface area contributed by atoms with E-state index in [1.54, 1.807) is 36.4 Å². The van der Waals surface area contributed by atoms with Crippen LogP contribution in [0.25, 0.3) is 0 Å². The van der Waals surface area contributed by atoms with Gasteiger partial charge in [-0.3, -0.25) is 15.2 Å². The number of amides is 1. The van der Waals surface area contributed by atoms with Crippen LogP contribution >= 0.6 is 0 Å². The summed E-state index contributed by atoms with van der Waals surface area (Å²) >= 11 is 0. The maximum Gasteiger partial charge on any atom is 0.283 e. The van der Waals surface area contributed by atoms with Gasteiger partial charge in [-0.2, -0.15) is 8.42 Å². The molecule has 164 valence electrons. The molecule has 1 unspecified atom stereocenters. The van der Waals surface area contributed by atoms with Gasteiger partial charge in [-0.05, 0) is 55.8 Å². The SMILES string of the molecule is Cc1ccc(N2N/C(=N/S(=O)(=O)c3ccc(C)cc3)CC2c2ccc(C(N)=O)cc2)cc1. The molecule has 0 aromatic heterocycles. The van der Waals surface area contributed by atoms with Gasteiger partial charge >= 0.3 is 0 Å². The van der Waals surface area contributed by atoms with Gasteiger partial charge in [0.05, 0.1) is 16.6 Å². The summed E-state index contributed by atoms with van der Waals surface area (Å²) < 4.78 is 29.8. The molecule has 3 aromatic carbocycles. The molecule has 32 heavy (non-hydrogen) atoms. The number of rotatable bonds is 5. The molecule has 3 aromatic rings. The first-order valence-corrected chi connectivity index (χ1v) is 11.6.